The molecule has 0 amide bonds. The summed E-state index contributed by atoms with van der Waals surface area (Å²) in [5.74, 6) is -1.07. The van der Waals surface area contributed by atoms with E-state index in [1.165, 1.54) is 12.5 Å². The number of nitrogens with zero attached hydrogens (tertiary/aromatic N) is 3. The molecule has 1 fully saturated rings. The lowest BCUT2D eigenvalue weighted by Crippen LogP contribution is -2.33. The summed E-state index contributed by atoms with van der Waals surface area (Å²) in [6.07, 6.45) is 2.91. The SMILES string of the molecule is C[C@@H](c1cccc(Br)c1)n1ccc(C(=O)c2cncnc2N[C@@H]2C[C@H](COS(N)(=O)=O)[C@@H](O)[C@@H]2F)c1. The lowest BCUT2D eigenvalue weighted by atomic mass is 10.1. The number of rotatable bonds is 9. The van der Waals surface area contributed by atoms with E-state index < -0.39 is 41.1 Å². The van der Waals surface area contributed by atoms with Crippen molar-refractivity contribution < 1.29 is 26.9 Å². The van der Waals surface area contributed by atoms with Crippen LogP contribution < -0.4 is 10.5 Å². The Morgan fingerprint density at radius 3 is 2.92 bits per heavy atom. The van der Waals surface area contributed by atoms with Gasteiger partial charge in [-0.1, -0.05) is 28.1 Å². The van der Waals surface area contributed by atoms with Crippen molar-refractivity contribution in [2.75, 3.05) is 11.9 Å². The molecule has 10 nitrogen and oxygen atoms in total. The summed E-state index contributed by atoms with van der Waals surface area (Å²) >= 11 is 3.47. The van der Waals surface area contributed by atoms with Gasteiger partial charge in [0.25, 0.3) is 0 Å². The van der Waals surface area contributed by atoms with E-state index in [1.54, 1.807) is 18.5 Å². The highest BCUT2D eigenvalue weighted by Crippen LogP contribution is 2.32. The molecular weight excluding hydrogens is 557 g/mol. The van der Waals surface area contributed by atoms with Crippen LogP contribution in [0, 0.1) is 5.92 Å². The van der Waals surface area contributed by atoms with Crippen molar-refractivity contribution in [3.05, 3.63) is 76.4 Å². The van der Waals surface area contributed by atoms with Gasteiger partial charge in [0, 0.05) is 34.5 Å². The van der Waals surface area contributed by atoms with Crippen LogP contribution in [0.5, 0.6) is 0 Å². The third-order valence-electron chi connectivity index (χ3n) is 6.23. The Kier molecular flexibility index (Phi) is 7.85. The average molecular weight is 582 g/mol. The van der Waals surface area contributed by atoms with Crippen molar-refractivity contribution in [3.8, 4) is 0 Å². The number of nitrogens with one attached hydrogen (secondary N) is 1. The van der Waals surface area contributed by atoms with Gasteiger partial charge in [-0.05, 0) is 37.1 Å². The second kappa shape index (κ2) is 10.7. The highest BCUT2D eigenvalue weighted by molar-refractivity contribution is 9.10. The monoisotopic (exact) mass is 581 g/mol. The number of carbonyl (C=O) groups is 1. The summed E-state index contributed by atoms with van der Waals surface area (Å²) in [5, 5.41) is 17.9. The van der Waals surface area contributed by atoms with Crippen LogP contribution >= 0.6 is 15.9 Å². The molecule has 0 unspecified atom stereocenters. The first-order chi connectivity index (χ1) is 17.0. The first-order valence-corrected chi connectivity index (χ1v) is 13.3. The summed E-state index contributed by atoms with van der Waals surface area (Å²) in [5.41, 5.74) is 1.59. The number of nitrogens with two attached hydrogens (primary N) is 1. The zero-order valence-corrected chi connectivity index (χ0v) is 21.6. The summed E-state index contributed by atoms with van der Waals surface area (Å²) < 4.78 is 44.3. The molecule has 36 heavy (non-hydrogen) atoms. The van der Waals surface area contributed by atoms with Gasteiger partial charge in [0.05, 0.1) is 30.4 Å². The van der Waals surface area contributed by atoms with Crippen LogP contribution in [-0.2, 0) is 14.5 Å². The van der Waals surface area contributed by atoms with Crippen molar-refractivity contribution in [2.24, 2.45) is 11.1 Å². The van der Waals surface area contributed by atoms with Crippen LogP contribution in [0.25, 0.3) is 0 Å². The molecule has 1 aromatic carbocycles. The second-order valence-electron chi connectivity index (χ2n) is 8.65. The summed E-state index contributed by atoms with van der Waals surface area (Å²) in [4.78, 5) is 21.4. The van der Waals surface area contributed by atoms with Gasteiger partial charge in [0.2, 0.25) is 0 Å². The molecule has 4 rings (SSSR count). The smallest absolute Gasteiger partial charge is 0.333 e. The Hall–Kier alpha value is -2.71. The lowest BCUT2D eigenvalue weighted by molar-refractivity contribution is 0.0501. The highest BCUT2D eigenvalue weighted by Gasteiger charge is 2.44. The fourth-order valence-electron chi connectivity index (χ4n) is 4.25. The molecular formula is C23H25BrFN5O5S. The number of hydrogen-bond acceptors (Lipinski definition) is 8. The van der Waals surface area contributed by atoms with Crippen molar-refractivity contribution in [3.63, 3.8) is 0 Å². The number of carbonyl (C=O) groups excluding carboxylic acids is 1. The number of aromatic nitrogens is 3. The number of aliphatic hydroxyl groups is 1. The quantitative estimate of drug-likeness (QED) is 0.326. The number of alkyl halides is 1. The van der Waals surface area contributed by atoms with Gasteiger partial charge in [-0.15, -0.1) is 0 Å². The van der Waals surface area contributed by atoms with E-state index in [0.717, 1.165) is 10.0 Å². The molecule has 192 valence electrons. The highest BCUT2D eigenvalue weighted by atomic mass is 79.9. The van der Waals surface area contributed by atoms with Crippen molar-refractivity contribution in [1.82, 2.24) is 14.5 Å². The molecule has 1 aliphatic carbocycles. The predicted molar refractivity (Wildman–Crippen MR) is 133 cm³/mol. The topological polar surface area (TPSA) is 149 Å². The van der Waals surface area contributed by atoms with Crippen molar-refractivity contribution in [2.45, 2.75) is 37.7 Å². The Morgan fingerprint density at radius 1 is 1.42 bits per heavy atom. The molecule has 1 aliphatic rings. The van der Waals surface area contributed by atoms with Crippen LogP contribution in [0.4, 0.5) is 10.2 Å². The third kappa shape index (κ3) is 5.98. The zero-order chi connectivity index (χ0) is 26.0. The fourth-order valence-corrected chi connectivity index (χ4v) is 5.03. The number of halogens is 2. The minimum absolute atomic E-state index is 0.0302. The van der Waals surface area contributed by atoms with E-state index in [9.17, 15) is 22.7 Å². The van der Waals surface area contributed by atoms with Crippen LogP contribution in [0.1, 0.15) is 40.9 Å². The summed E-state index contributed by atoms with van der Waals surface area (Å²) in [6.45, 7) is 1.55. The molecule has 0 spiro atoms. The number of aliphatic hydroxyl groups excluding tert-OH is 1. The minimum atomic E-state index is -4.23. The molecule has 13 heteroatoms. The number of benzene rings is 1. The van der Waals surface area contributed by atoms with Gasteiger partial charge in [-0.25, -0.2) is 19.5 Å². The molecule has 0 aliphatic heterocycles. The van der Waals surface area contributed by atoms with Crippen LogP contribution in [0.2, 0.25) is 0 Å². The number of ketones is 1. The molecule has 2 aromatic heterocycles. The second-order valence-corrected chi connectivity index (χ2v) is 10.8. The molecule has 4 N–H and O–H groups in total. The van der Waals surface area contributed by atoms with Crippen LogP contribution in [0.15, 0.2) is 59.7 Å². The van der Waals surface area contributed by atoms with E-state index in [4.69, 9.17) is 5.14 Å². The van der Waals surface area contributed by atoms with Gasteiger partial charge in [0.15, 0.2) is 5.78 Å². The van der Waals surface area contributed by atoms with Crippen molar-refractivity contribution >= 4 is 37.8 Å². The maximum Gasteiger partial charge on any atom is 0.333 e. The molecule has 0 bridgehead atoms. The number of hydrogen-bond donors (Lipinski definition) is 3. The molecule has 3 aromatic rings. The standard InChI is InChI=1S/C23H25BrFN5O5S/c1-13(14-3-2-4-17(24)7-14)30-6-5-15(10-30)21(31)18-9-27-12-28-23(18)29-19-8-16(22(32)20(19)25)11-35-36(26,33)34/h2-7,9-10,12-13,16,19-20,22,32H,8,11H2,1H3,(H2,26,33,34)(H,27,28,29)/t13-,16+,19+,20+,22+/m0/s1. The van der Waals surface area contributed by atoms with Crippen LogP contribution in [0.3, 0.4) is 0 Å². The van der Waals surface area contributed by atoms with Gasteiger partial charge in [0.1, 0.15) is 18.3 Å². The van der Waals surface area contributed by atoms with E-state index in [1.807, 2.05) is 35.8 Å². The largest absolute Gasteiger partial charge is 0.390 e. The Balaban J connectivity index is 1.50. The zero-order valence-electron chi connectivity index (χ0n) is 19.2. The Morgan fingerprint density at radius 2 is 2.19 bits per heavy atom. The predicted octanol–water partition coefficient (Wildman–Crippen LogP) is 2.60. The van der Waals surface area contributed by atoms with Gasteiger partial charge < -0.3 is 15.0 Å². The minimum Gasteiger partial charge on any atom is -0.390 e. The molecule has 1 saturated carbocycles. The first-order valence-electron chi connectivity index (χ1n) is 11.1. The summed E-state index contributed by atoms with van der Waals surface area (Å²) in [6, 6.07) is 8.60. The van der Waals surface area contributed by atoms with E-state index in [0.29, 0.717) is 5.56 Å². The van der Waals surface area contributed by atoms with Gasteiger partial charge in [-0.3, -0.25) is 8.98 Å². The van der Waals surface area contributed by atoms with E-state index in [2.05, 4.69) is 35.4 Å². The maximum absolute atomic E-state index is 14.8. The lowest BCUT2D eigenvalue weighted by Gasteiger charge is -2.18. The Bertz CT molecular complexity index is 1350. The first kappa shape index (κ1) is 26.4. The Labute approximate surface area is 216 Å². The maximum atomic E-state index is 14.8. The molecule has 0 saturated heterocycles. The average Bonchev–Trinajstić information content (AvgIpc) is 3.43. The van der Waals surface area contributed by atoms with Crippen LogP contribution in [-0.4, -0.2) is 58.8 Å². The van der Waals surface area contributed by atoms with E-state index in [-0.39, 0.29) is 29.6 Å². The third-order valence-corrected chi connectivity index (χ3v) is 7.19. The van der Waals surface area contributed by atoms with Gasteiger partial charge >= 0.3 is 10.3 Å². The fraction of sp³-hybridized carbons (Fsp3) is 0.348. The number of anilines is 1. The molecule has 5 atom stereocenters. The normalized spacial score (nSPS) is 22.9. The van der Waals surface area contributed by atoms with Crippen molar-refractivity contribution in [1.29, 1.82) is 0 Å². The molecule has 0 radical (unpaired) electrons. The molecule has 2 heterocycles. The van der Waals surface area contributed by atoms with E-state index >= 15 is 0 Å². The summed E-state index contributed by atoms with van der Waals surface area (Å²) in [7, 11) is -4.23. The van der Waals surface area contributed by atoms with Gasteiger partial charge in [-0.2, -0.15) is 8.42 Å².